The molecule has 1 aromatic heterocycles. The van der Waals surface area contributed by atoms with Gasteiger partial charge in [-0.2, -0.15) is 5.10 Å². The maximum atomic E-state index is 12.7. The molecule has 1 aliphatic carbocycles. The van der Waals surface area contributed by atoms with Crippen molar-refractivity contribution in [1.29, 1.82) is 0 Å². The number of carboxylic acids is 1. The Labute approximate surface area is 166 Å². The van der Waals surface area contributed by atoms with E-state index in [2.05, 4.69) is 16.6 Å². The summed E-state index contributed by atoms with van der Waals surface area (Å²) in [6.45, 7) is 8.00. The number of hydrogen-bond donors (Lipinski definition) is 1. The van der Waals surface area contributed by atoms with Crippen molar-refractivity contribution in [2.24, 2.45) is 5.92 Å². The molecular weight excluding hydrogens is 356 g/mol. The SMILES string of the molecule is C=CCn1nc(C(=O)O)c2c1CCC(N1CCC(C(=O)N3CCCC3)CC1)C2. The Hall–Kier alpha value is -2.15. The summed E-state index contributed by atoms with van der Waals surface area (Å²) in [6.07, 6.45) is 8.47. The van der Waals surface area contributed by atoms with Gasteiger partial charge in [-0.25, -0.2) is 4.79 Å². The van der Waals surface area contributed by atoms with Crippen molar-refractivity contribution in [3.63, 3.8) is 0 Å². The second-order valence-corrected chi connectivity index (χ2v) is 8.29. The van der Waals surface area contributed by atoms with Gasteiger partial charge in [0.25, 0.3) is 0 Å². The summed E-state index contributed by atoms with van der Waals surface area (Å²) in [4.78, 5) is 28.8. The van der Waals surface area contributed by atoms with Crippen LogP contribution in [0, 0.1) is 5.92 Å². The highest BCUT2D eigenvalue weighted by atomic mass is 16.4. The van der Waals surface area contributed by atoms with Gasteiger partial charge in [0.15, 0.2) is 5.69 Å². The average molecular weight is 386 g/mol. The molecule has 3 aliphatic rings. The summed E-state index contributed by atoms with van der Waals surface area (Å²) in [7, 11) is 0. The molecule has 0 spiro atoms. The lowest BCUT2D eigenvalue weighted by molar-refractivity contribution is -0.136. The third-order valence-corrected chi connectivity index (χ3v) is 6.64. The van der Waals surface area contributed by atoms with Crippen LogP contribution >= 0.6 is 0 Å². The number of likely N-dealkylation sites (tertiary alicyclic amines) is 2. The van der Waals surface area contributed by atoms with Gasteiger partial charge in [0.2, 0.25) is 5.91 Å². The molecule has 2 fully saturated rings. The lowest BCUT2D eigenvalue weighted by Crippen LogP contribution is -2.47. The van der Waals surface area contributed by atoms with Crippen LogP contribution in [0.15, 0.2) is 12.7 Å². The summed E-state index contributed by atoms with van der Waals surface area (Å²) in [5.41, 5.74) is 2.13. The van der Waals surface area contributed by atoms with Crippen molar-refractivity contribution in [2.45, 2.75) is 57.5 Å². The second kappa shape index (κ2) is 8.07. The van der Waals surface area contributed by atoms with E-state index < -0.39 is 5.97 Å². The molecule has 1 unspecified atom stereocenters. The molecule has 7 heteroatoms. The van der Waals surface area contributed by atoms with E-state index in [9.17, 15) is 14.7 Å². The Morgan fingerprint density at radius 1 is 1.14 bits per heavy atom. The van der Waals surface area contributed by atoms with Crippen LogP contribution in [-0.2, 0) is 24.2 Å². The number of aromatic carboxylic acids is 1. The van der Waals surface area contributed by atoms with E-state index in [-0.39, 0.29) is 11.6 Å². The number of carbonyl (C=O) groups is 2. The number of fused-ring (bicyclic) bond motifs is 1. The van der Waals surface area contributed by atoms with Gasteiger partial charge in [-0.1, -0.05) is 6.08 Å². The molecule has 2 saturated heterocycles. The number of piperidine rings is 1. The van der Waals surface area contributed by atoms with Gasteiger partial charge in [0, 0.05) is 36.3 Å². The third kappa shape index (κ3) is 3.60. The summed E-state index contributed by atoms with van der Waals surface area (Å²) in [6, 6.07) is 0.342. The maximum absolute atomic E-state index is 12.7. The van der Waals surface area contributed by atoms with Crippen LogP contribution in [0.4, 0.5) is 0 Å². The smallest absolute Gasteiger partial charge is 0.356 e. The monoisotopic (exact) mass is 386 g/mol. The topological polar surface area (TPSA) is 78.7 Å². The third-order valence-electron chi connectivity index (χ3n) is 6.64. The highest BCUT2D eigenvalue weighted by molar-refractivity contribution is 5.87. The van der Waals surface area contributed by atoms with E-state index in [4.69, 9.17) is 0 Å². The lowest BCUT2D eigenvalue weighted by atomic mass is 9.87. The van der Waals surface area contributed by atoms with Crippen LogP contribution in [0.1, 0.15) is 53.8 Å². The van der Waals surface area contributed by atoms with Crippen molar-refractivity contribution in [3.05, 3.63) is 29.6 Å². The Morgan fingerprint density at radius 2 is 1.86 bits per heavy atom. The minimum Gasteiger partial charge on any atom is -0.476 e. The van der Waals surface area contributed by atoms with Gasteiger partial charge in [0.1, 0.15) is 0 Å². The molecule has 0 saturated carbocycles. The molecule has 2 aliphatic heterocycles. The molecule has 28 heavy (non-hydrogen) atoms. The standard InChI is InChI=1S/C21H30N4O3/c1-2-9-25-18-6-5-16(14-17(18)19(22-25)21(27)28)23-12-7-15(8-13-23)20(26)24-10-3-4-11-24/h2,15-16H,1,3-14H2,(H,27,28). The number of carbonyl (C=O) groups excluding carboxylic acids is 1. The first-order valence-corrected chi connectivity index (χ1v) is 10.5. The largest absolute Gasteiger partial charge is 0.476 e. The highest BCUT2D eigenvalue weighted by Gasteiger charge is 2.35. The van der Waals surface area contributed by atoms with Gasteiger partial charge in [-0.3, -0.25) is 14.4 Å². The number of nitrogens with zero attached hydrogens (tertiary/aromatic N) is 4. The zero-order valence-electron chi connectivity index (χ0n) is 16.5. The van der Waals surface area contributed by atoms with E-state index in [1.54, 1.807) is 10.8 Å². The fraction of sp³-hybridized carbons (Fsp3) is 0.667. The summed E-state index contributed by atoms with van der Waals surface area (Å²) < 4.78 is 1.79. The van der Waals surface area contributed by atoms with E-state index >= 15 is 0 Å². The van der Waals surface area contributed by atoms with E-state index in [0.29, 0.717) is 18.5 Å². The van der Waals surface area contributed by atoms with Gasteiger partial charge in [-0.05, 0) is 58.0 Å². The predicted octanol–water partition coefficient (Wildman–Crippen LogP) is 1.96. The normalized spacial score (nSPS) is 23.6. The first-order chi connectivity index (χ1) is 13.6. The molecule has 7 nitrogen and oxygen atoms in total. The van der Waals surface area contributed by atoms with E-state index in [0.717, 1.165) is 82.4 Å². The minimum absolute atomic E-state index is 0.165. The Kier molecular flexibility index (Phi) is 5.53. The van der Waals surface area contributed by atoms with Crippen LogP contribution in [0.25, 0.3) is 0 Å². The van der Waals surface area contributed by atoms with E-state index in [1.807, 2.05) is 4.90 Å². The molecule has 3 heterocycles. The molecule has 1 amide bonds. The van der Waals surface area contributed by atoms with Crippen LogP contribution in [0.5, 0.6) is 0 Å². The fourth-order valence-electron chi connectivity index (χ4n) is 5.13. The van der Waals surface area contributed by atoms with Crippen LogP contribution < -0.4 is 0 Å². The first kappa shape index (κ1) is 19.2. The number of rotatable bonds is 5. The zero-order chi connectivity index (χ0) is 19.7. The number of carboxylic acid groups (broad SMARTS) is 1. The Balaban J connectivity index is 1.40. The van der Waals surface area contributed by atoms with E-state index in [1.165, 1.54) is 0 Å². The maximum Gasteiger partial charge on any atom is 0.356 e. The number of allylic oxidation sites excluding steroid dienone is 1. The van der Waals surface area contributed by atoms with Gasteiger partial charge >= 0.3 is 5.97 Å². The van der Waals surface area contributed by atoms with Gasteiger partial charge in [-0.15, -0.1) is 6.58 Å². The molecule has 0 aromatic carbocycles. The Bertz CT molecular complexity index is 758. The van der Waals surface area contributed by atoms with Gasteiger partial charge < -0.3 is 10.0 Å². The molecule has 4 rings (SSSR count). The van der Waals surface area contributed by atoms with Crippen molar-refractivity contribution >= 4 is 11.9 Å². The summed E-state index contributed by atoms with van der Waals surface area (Å²) in [5.74, 6) is -0.435. The summed E-state index contributed by atoms with van der Waals surface area (Å²) in [5, 5.41) is 13.9. The van der Waals surface area contributed by atoms with Crippen molar-refractivity contribution in [1.82, 2.24) is 19.6 Å². The predicted molar refractivity (Wildman–Crippen MR) is 105 cm³/mol. The molecule has 0 bridgehead atoms. The highest BCUT2D eigenvalue weighted by Crippen LogP contribution is 2.31. The van der Waals surface area contributed by atoms with Crippen molar-refractivity contribution < 1.29 is 14.7 Å². The van der Waals surface area contributed by atoms with Gasteiger partial charge in [0.05, 0.1) is 6.54 Å². The van der Waals surface area contributed by atoms with Crippen LogP contribution in [0.3, 0.4) is 0 Å². The number of aromatic nitrogens is 2. The van der Waals surface area contributed by atoms with Crippen LogP contribution in [0.2, 0.25) is 0 Å². The number of amides is 1. The first-order valence-electron chi connectivity index (χ1n) is 10.5. The Morgan fingerprint density at radius 3 is 2.50 bits per heavy atom. The quantitative estimate of drug-likeness (QED) is 0.783. The van der Waals surface area contributed by atoms with Crippen molar-refractivity contribution in [3.8, 4) is 0 Å². The lowest BCUT2D eigenvalue weighted by Gasteiger charge is -2.39. The molecule has 152 valence electrons. The molecule has 0 radical (unpaired) electrons. The fourth-order valence-corrected chi connectivity index (χ4v) is 5.13. The molecular formula is C21H30N4O3. The second-order valence-electron chi connectivity index (χ2n) is 8.29. The van der Waals surface area contributed by atoms with Crippen molar-refractivity contribution in [2.75, 3.05) is 26.2 Å². The zero-order valence-corrected chi connectivity index (χ0v) is 16.5. The molecule has 1 N–H and O–H groups in total. The average Bonchev–Trinajstić information content (AvgIpc) is 3.36. The molecule has 1 atom stereocenters. The van der Waals surface area contributed by atoms with Crippen LogP contribution in [-0.4, -0.2) is 68.8 Å². The molecule has 1 aromatic rings. The summed E-state index contributed by atoms with van der Waals surface area (Å²) >= 11 is 0. The minimum atomic E-state index is -0.949. The number of hydrogen-bond acceptors (Lipinski definition) is 4.